The first kappa shape index (κ1) is 26.9. The molecule has 0 saturated heterocycles. The number of carbonyl (C=O) groups excluding carboxylic acids is 3. The molecule has 1 heterocycles. The fourth-order valence-electron chi connectivity index (χ4n) is 4.62. The number of benzene rings is 4. The van der Waals surface area contributed by atoms with Crippen LogP contribution in [-0.4, -0.2) is 42.4 Å². The molecule has 1 unspecified atom stereocenters. The zero-order valence-corrected chi connectivity index (χ0v) is 22.9. The number of nitrogens with one attached hydrogen (secondary N) is 2. The van der Waals surface area contributed by atoms with E-state index in [0.717, 1.165) is 16.0 Å². The third kappa shape index (κ3) is 5.82. The van der Waals surface area contributed by atoms with Crippen molar-refractivity contribution in [2.24, 2.45) is 4.99 Å². The predicted octanol–water partition coefficient (Wildman–Crippen LogP) is 5.93. The smallest absolute Gasteiger partial charge is 0.308 e. The van der Waals surface area contributed by atoms with Crippen molar-refractivity contribution in [3.8, 4) is 0 Å². The number of aliphatic imine (C=N–C) groups is 1. The van der Waals surface area contributed by atoms with E-state index in [1.54, 1.807) is 36.0 Å². The van der Waals surface area contributed by atoms with Crippen molar-refractivity contribution in [1.82, 2.24) is 5.32 Å². The van der Waals surface area contributed by atoms with Crippen LogP contribution < -0.4 is 15.5 Å². The number of urea groups is 1. The minimum atomic E-state index is -1.27. The quantitative estimate of drug-likeness (QED) is 0.221. The molecule has 0 fully saturated rings. The van der Waals surface area contributed by atoms with Crippen molar-refractivity contribution in [2.45, 2.75) is 18.0 Å². The molecule has 1 aliphatic heterocycles. The topological polar surface area (TPSA) is 90.9 Å². The number of anilines is 2. The molecule has 4 aromatic rings. The number of aryl methyl sites for hydroxylation is 1. The molecule has 3 amide bonds. The number of hydrogen-bond acceptors (Lipinski definition) is 5. The number of thioether (sulfide) groups is 1. The summed E-state index contributed by atoms with van der Waals surface area (Å²) in [5.74, 6) is -0.713. The number of rotatable bonds is 7. The van der Waals surface area contributed by atoms with Crippen molar-refractivity contribution in [1.29, 1.82) is 0 Å². The van der Waals surface area contributed by atoms with Gasteiger partial charge in [0.25, 0.3) is 5.91 Å². The maximum Gasteiger partial charge on any atom is 0.321 e. The summed E-state index contributed by atoms with van der Waals surface area (Å²) in [4.78, 5) is 47.8. The lowest BCUT2D eigenvalue weighted by Crippen LogP contribution is -2.50. The van der Waals surface area contributed by atoms with Gasteiger partial charge >= 0.3 is 6.03 Å². The first-order chi connectivity index (χ1) is 19.4. The van der Waals surface area contributed by atoms with Gasteiger partial charge < -0.3 is 15.5 Å². The Morgan fingerprint density at radius 3 is 2.40 bits per heavy atom. The van der Waals surface area contributed by atoms with Crippen LogP contribution in [0.3, 0.4) is 0 Å². The molecule has 0 saturated carbocycles. The van der Waals surface area contributed by atoms with Gasteiger partial charge in [-0.1, -0.05) is 78.9 Å². The molecule has 2 N–H and O–H groups in total. The Labute approximate surface area is 237 Å². The SMILES string of the molecule is CSc1cccc(NC(=O)NC2N=C(c3ccccc3)c3ccccc3N(CC(=O)c3ccccc3C)C2=O)c1. The molecular formula is C32H28N4O3S. The zero-order valence-electron chi connectivity index (χ0n) is 22.1. The van der Waals surface area contributed by atoms with E-state index in [1.165, 1.54) is 4.90 Å². The van der Waals surface area contributed by atoms with Crippen LogP contribution in [0.25, 0.3) is 0 Å². The zero-order chi connectivity index (χ0) is 28.1. The summed E-state index contributed by atoms with van der Waals surface area (Å²) in [7, 11) is 0. The van der Waals surface area contributed by atoms with Gasteiger partial charge in [0.1, 0.15) is 0 Å². The lowest BCUT2D eigenvalue weighted by molar-refractivity contribution is -0.120. The largest absolute Gasteiger partial charge is 0.321 e. The van der Waals surface area contributed by atoms with Gasteiger partial charge in [0, 0.05) is 27.3 Å². The van der Waals surface area contributed by atoms with E-state index in [2.05, 4.69) is 10.6 Å². The summed E-state index contributed by atoms with van der Waals surface area (Å²) >= 11 is 1.56. The second kappa shape index (κ2) is 12.0. The van der Waals surface area contributed by atoms with Crippen LogP contribution in [0.15, 0.2) is 113 Å². The number of hydrogen-bond donors (Lipinski definition) is 2. The molecule has 0 bridgehead atoms. The highest BCUT2D eigenvalue weighted by atomic mass is 32.2. The normalized spacial score (nSPS) is 14.6. The molecule has 0 aromatic heterocycles. The summed E-state index contributed by atoms with van der Waals surface area (Å²) in [6, 6.07) is 31.0. The lowest BCUT2D eigenvalue weighted by atomic mass is 9.99. The van der Waals surface area contributed by atoms with Gasteiger partial charge in [-0.15, -0.1) is 11.8 Å². The standard InChI is InChI=1S/C32H28N4O3S/c1-21-11-6-7-16-25(21)28(37)20-36-27-18-9-8-17-26(27)29(22-12-4-3-5-13-22)34-30(31(36)38)35-32(39)33-23-14-10-15-24(19-23)40-2/h3-19,30H,20H2,1-2H3,(H2,33,35,39). The molecule has 8 heteroatoms. The van der Waals surface area contributed by atoms with Crippen molar-refractivity contribution in [3.63, 3.8) is 0 Å². The van der Waals surface area contributed by atoms with Gasteiger partial charge in [-0.2, -0.15) is 0 Å². The predicted molar refractivity (Wildman–Crippen MR) is 161 cm³/mol. The summed E-state index contributed by atoms with van der Waals surface area (Å²) in [5.41, 5.74) is 4.53. The average Bonchev–Trinajstić information content (AvgIpc) is 3.08. The van der Waals surface area contributed by atoms with Gasteiger partial charge in [0.2, 0.25) is 6.17 Å². The minimum Gasteiger partial charge on any atom is -0.308 e. The molecule has 0 radical (unpaired) electrons. The van der Waals surface area contributed by atoms with E-state index < -0.39 is 18.1 Å². The average molecular weight is 549 g/mol. The summed E-state index contributed by atoms with van der Waals surface area (Å²) < 4.78 is 0. The van der Waals surface area contributed by atoms with Crippen molar-refractivity contribution in [2.75, 3.05) is 23.0 Å². The van der Waals surface area contributed by atoms with Crippen molar-refractivity contribution in [3.05, 3.63) is 125 Å². The molecule has 7 nitrogen and oxygen atoms in total. The van der Waals surface area contributed by atoms with Crippen LogP contribution in [0.5, 0.6) is 0 Å². The van der Waals surface area contributed by atoms with Gasteiger partial charge in [0.05, 0.1) is 17.9 Å². The third-order valence-electron chi connectivity index (χ3n) is 6.60. The van der Waals surface area contributed by atoms with E-state index in [9.17, 15) is 14.4 Å². The number of ketones is 1. The molecule has 5 rings (SSSR count). The Balaban J connectivity index is 1.53. The fourth-order valence-corrected chi connectivity index (χ4v) is 5.08. The molecule has 0 aliphatic carbocycles. The van der Waals surface area contributed by atoms with Gasteiger partial charge in [-0.05, 0) is 43.0 Å². The summed E-state index contributed by atoms with van der Waals surface area (Å²) in [5, 5.41) is 5.54. The lowest BCUT2D eigenvalue weighted by Gasteiger charge is -2.25. The monoisotopic (exact) mass is 548 g/mol. The number of amides is 3. The van der Waals surface area contributed by atoms with Gasteiger partial charge in [0.15, 0.2) is 5.78 Å². The number of fused-ring (bicyclic) bond motifs is 1. The van der Waals surface area contributed by atoms with Crippen molar-refractivity contribution >= 4 is 46.6 Å². The number of para-hydroxylation sites is 1. The first-order valence-electron chi connectivity index (χ1n) is 12.8. The Morgan fingerprint density at radius 2 is 1.62 bits per heavy atom. The van der Waals surface area contributed by atoms with Crippen LogP contribution >= 0.6 is 11.8 Å². The highest BCUT2D eigenvalue weighted by molar-refractivity contribution is 7.98. The highest BCUT2D eigenvalue weighted by Crippen LogP contribution is 2.29. The van der Waals surface area contributed by atoms with E-state index in [1.807, 2.05) is 92.0 Å². The molecule has 1 atom stereocenters. The number of carbonyl (C=O) groups is 3. The Hall–Kier alpha value is -4.69. The van der Waals surface area contributed by atoms with Crippen LogP contribution in [0.1, 0.15) is 27.0 Å². The Bertz CT molecular complexity index is 1600. The van der Waals surface area contributed by atoms with Crippen LogP contribution in [-0.2, 0) is 4.79 Å². The second-order valence-electron chi connectivity index (χ2n) is 9.26. The van der Waals surface area contributed by atoms with E-state index in [-0.39, 0.29) is 12.3 Å². The highest BCUT2D eigenvalue weighted by Gasteiger charge is 2.34. The molecular weight excluding hydrogens is 520 g/mol. The van der Waals surface area contributed by atoms with Crippen LogP contribution in [0.2, 0.25) is 0 Å². The van der Waals surface area contributed by atoms with Crippen LogP contribution in [0.4, 0.5) is 16.2 Å². The molecule has 0 spiro atoms. The fraction of sp³-hybridized carbons (Fsp3) is 0.125. The van der Waals surface area contributed by atoms with Crippen LogP contribution in [0, 0.1) is 6.92 Å². The van der Waals surface area contributed by atoms with E-state index in [0.29, 0.717) is 28.2 Å². The molecule has 1 aliphatic rings. The molecule has 200 valence electrons. The van der Waals surface area contributed by atoms with Gasteiger partial charge in [-0.3, -0.25) is 9.59 Å². The Kier molecular flexibility index (Phi) is 8.07. The Morgan fingerprint density at radius 1 is 0.900 bits per heavy atom. The maximum atomic E-state index is 14.0. The van der Waals surface area contributed by atoms with Gasteiger partial charge in [-0.25, -0.2) is 9.79 Å². The maximum absolute atomic E-state index is 14.0. The second-order valence-corrected chi connectivity index (χ2v) is 10.1. The van der Waals surface area contributed by atoms with Crippen molar-refractivity contribution < 1.29 is 14.4 Å². The molecule has 4 aromatic carbocycles. The number of Topliss-reactive ketones (excluding diaryl/α,β-unsaturated/α-hetero) is 1. The number of nitrogens with zero attached hydrogens (tertiary/aromatic N) is 2. The third-order valence-corrected chi connectivity index (χ3v) is 7.32. The summed E-state index contributed by atoms with van der Waals surface area (Å²) in [6.07, 6.45) is 0.684. The minimum absolute atomic E-state index is 0.201. The van der Waals surface area contributed by atoms with E-state index in [4.69, 9.17) is 4.99 Å². The number of benzodiazepines with no additional fused rings is 1. The molecule has 40 heavy (non-hydrogen) atoms. The first-order valence-corrected chi connectivity index (χ1v) is 14.0. The van der Waals surface area contributed by atoms with E-state index >= 15 is 0 Å². The summed E-state index contributed by atoms with van der Waals surface area (Å²) in [6.45, 7) is 1.66.